The van der Waals surface area contributed by atoms with E-state index >= 15 is 0 Å². The number of aromatic nitrogens is 5. The number of piperidine rings is 1. The second-order valence-electron chi connectivity index (χ2n) is 5.61. The van der Waals surface area contributed by atoms with Gasteiger partial charge in [0.15, 0.2) is 0 Å². The van der Waals surface area contributed by atoms with Gasteiger partial charge in [0.2, 0.25) is 11.8 Å². The molecule has 0 aromatic carbocycles. The fourth-order valence-electron chi connectivity index (χ4n) is 2.53. The van der Waals surface area contributed by atoms with Crippen LogP contribution in [0.4, 0.5) is 0 Å². The molecule has 0 amide bonds. The van der Waals surface area contributed by atoms with Gasteiger partial charge >= 0.3 is 0 Å². The molecule has 7 nitrogen and oxygen atoms in total. The average Bonchev–Trinajstić information content (AvgIpc) is 3.10. The lowest BCUT2D eigenvalue weighted by molar-refractivity contribution is 0.165. The van der Waals surface area contributed by atoms with Gasteiger partial charge < -0.3 is 8.98 Å². The Labute approximate surface area is 118 Å². The van der Waals surface area contributed by atoms with E-state index in [2.05, 4.69) is 43.7 Å². The Morgan fingerprint density at radius 1 is 1.20 bits per heavy atom. The molecule has 0 spiro atoms. The third-order valence-electron chi connectivity index (χ3n) is 3.75. The lowest BCUT2D eigenvalue weighted by Gasteiger charge is -2.31. The van der Waals surface area contributed by atoms with E-state index in [4.69, 9.17) is 4.42 Å². The molecule has 0 bridgehead atoms. The normalized spacial score (nSPS) is 17.9. The third kappa shape index (κ3) is 2.87. The van der Waals surface area contributed by atoms with Crippen LogP contribution in [0.5, 0.6) is 0 Å². The lowest BCUT2D eigenvalue weighted by atomic mass is 10.1. The summed E-state index contributed by atoms with van der Waals surface area (Å²) in [5.41, 5.74) is 0. The highest BCUT2D eigenvalue weighted by atomic mass is 16.4. The quantitative estimate of drug-likeness (QED) is 0.845. The van der Waals surface area contributed by atoms with Crippen LogP contribution < -0.4 is 0 Å². The second kappa shape index (κ2) is 5.70. The largest absolute Gasteiger partial charge is 0.424 e. The first-order valence-corrected chi connectivity index (χ1v) is 7.11. The molecule has 2 aromatic rings. The molecule has 0 N–H and O–H groups in total. The Kier molecular flexibility index (Phi) is 3.77. The lowest BCUT2D eigenvalue weighted by Crippen LogP contribution is -2.34. The zero-order valence-corrected chi connectivity index (χ0v) is 11.9. The zero-order valence-electron chi connectivity index (χ0n) is 11.9. The molecule has 0 saturated carbocycles. The van der Waals surface area contributed by atoms with Crippen molar-refractivity contribution in [3.63, 3.8) is 0 Å². The minimum absolute atomic E-state index is 0.288. The Balaban J connectivity index is 1.53. The average molecular weight is 276 g/mol. The predicted octanol–water partition coefficient (Wildman–Crippen LogP) is 1.62. The molecule has 2 aromatic heterocycles. The molecule has 7 heteroatoms. The van der Waals surface area contributed by atoms with Crippen LogP contribution in [0, 0.1) is 0 Å². The van der Waals surface area contributed by atoms with Crippen molar-refractivity contribution in [1.82, 2.24) is 29.9 Å². The van der Waals surface area contributed by atoms with Gasteiger partial charge in [-0.25, -0.2) is 0 Å². The van der Waals surface area contributed by atoms with Crippen molar-refractivity contribution in [2.75, 3.05) is 13.1 Å². The summed E-state index contributed by atoms with van der Waals surface area (Å²) in [5, 5.41) is 15.9. The van der Waals surface area contributed by atoms with E-state index in [-0.39, 0.29) is 5.92 Å². The van der Waals surface area contributed by atoms with Crippen LogP contribution in [0.2, 0.25) is 0 Å². The van der Waals surface area contributed by atoms with Crippen molar-refractivity contribution in [2.45, 2.75) is 45.2 Å². The van der Waals surface area contributed by atoms with Crippen molar-refractivity contribution < 1.29 is 4.42 Å². The predicted molar refractivity (Wildman–Crippen MR) is 72.0 cm³/mol. The number of hydrogen-bond donors (Lipinski definition) is 0. The number of nitrogens with zero attached hydrogens (tertiary/aromatic N) is 6. The van der Waals surface area contributed by atoms with E-state index in [1.165, 1.54) is 0 Å². The summed E-state index contributed by atoms with van der Waals surface area (Å²) in [5.74, 6) is 1.73. The summed E-state index contributed by atoms with van der Waals surface area (Å²) < 4.78 is 7.76. The van der Waals surface area contributed by atoms with Gasteiger partial charge in [-0.3, -0.25) is 4.90 Å². The van der Waals surface area contributed by atoms with Crippen LogP contribution in [-0.4, -0.2) is 43.0 Å². The molecule has 108 valence electrons. The van der Waals surface area contributed by atoms with Crippen molar-refractivity contribution in [1.29, 1.82) is 0 Å². The van der Waals surface area contributed by atoms with Crippen LogP contribution in [0.1, 0.15) is 50.4 Å². The highest BCUT2D eigenvalue weighted by Gasteiger charge is 2.22. The number of rotatable bonds is 4. The summed E-state index contributed by atoms with van der Waals surface area (Å²) in [7, 11) is 0. The Morgan fingerprint density at radius 2 is 1.90 bits per heavy atom. The number of likely N-dealkylation sites (tertiary alicyclic amines) is 1. The molecule has 1 aliphatic rings. The molecule has 0 aliphatic carbocycles. The molecule has 1 fully saturated rings. The van der Waals surface area contributed by atoms with Gasteiger partial charge in [0.1, 0.15) is 12.7 Å². The zero-order chi connectivity index (χ0) is 13.9. The Bertz CT molecular complexity index is 527. The van der Waals surface area contributed by atoms with Crippen LogP contribution in [0.3, 0.4) is 0 Å². The third-order valence-corrected chi connectivity index (χ3v) is 3.75. The van der Waals surface area contributed by atoms with Crippen molar-refractivity contribution in [3.05, 3.63) is 24.4 Å². The van der Waals surface area contributed by atoms with E-state index in [1.807, 2.05) is 0 Å². The van der Waals surface area contributed by atoms with Crippen molar-refractivity contribution in [2.24, 2.45) is 0 Å². The van der Waals surface area contributed by atoms with E-state index in [9.17, 15) is 0 Å². The Hall–Kier alpha value is -1.76. The van der Waals surface area contributed by atoms with Gasteiger partial charge in [-0.05, 0) is 12.8 Å². The molecule has 3 rings (SSSR count). The molecule has 0 radical (unpaired) electrons. The van der Waals surface area contributed by atoms with E-state index < -0.39 is 0 Å². The summed E-state index contributed by atoms with van der Waals surface area (Å²) in [6.45, 7) is 6.92. The molecule has 0 unspecified atom stereocenters. The summed E-state index contributed by atoms with van der Waals surface area (Å²) in [6, 6.07) is 0.509. The van der Waals surface area contributed by atoms with Crippen LogP contribution >= 0.6 is 0 Å². The molecule has 3 heterocycles. The first-order chi connectivity index (χ1) is 9.72. The monoisotopic (exact) mass is 276 g/mol. The number of hydrogen-bond acceptors (Lipinski definition) is 6. The maximum absolute atomic E-state index is 5.66. The maximum Gasteiger partial charge on any atom is 0.230 e. The first-order valence-electron chi connectivity index (χ1n) is 7.11. The smallest absolute Gasteiger partial charge is 0.230 e. The molecular formula is C13H20N6O. The van der Waals surface area contributed by atoms with E-state index in [0.29, 0.717) is 6.04 Å². The fraction of sp³-hybridized carbons (Fsp3) is 0.692. The van der Waals surface area contributed by atoms with Crippen LogP contribution in [-0.2, 0) is 6.54 Å². The first kappa shape index (κ1) is 13.2. The van der Waals surface area contributed by atoms with Crippen molar-refractivity contribution in [3.8, 4) is 0 Å². The minimum Gasteiger partial charge on any atom is -0.424 e. The van der Waals surface area contributed by atoms with Gasteiger partial charge in [0, 0.05) is 25.0 Å². The summed E-state index contributed by atoms with van der Waals surface area (Å²) in [6.07, 6.45) is 5.80. The maximum atomic E-state index is 5.66. The summed E-state index contributed by atoms with van der Waals surface area (Å²) in [4.78, 5) is 2.36. The van der Waals surface area contributed by atoms with Crippen LogP contribution in [0.15, 0.2) is 17.1 Å². The van der Waals surface area contributed by atoms with Gasteiger partial charge in [-0.1, -0.05) is 13.8 Å². The molecule has 20 heavy (non-hydrogen) atoms. The van der Waals surface area contributed by atoms with E-state index in [1.54, 1.807) is 12.7 Å². The fourth-order valence-corrected chi connectivity index (χ4v) is 2.53. The second-order valence-corrected chi connectivity index (χ2v) is 5.61. The van der Waals surface area contributed by atoms with Crippen molar-refractivity contribution >= 4 is 0 Å². The van der Waals surface area contributed by atoms with Gasteiger partial charge in [0.25, 0.3) is 0 Å². The SMILES string of the molecule is CC(C)c1nnc(CN2CCC(n3cnnc3)CC2)o1. The topological polar surface area (TPSA) is 72.9 Å². The van der Waals surface area contributed by atoms with Crippen LogP contribution in [0.25, 0.3) is 0 Å². The molecular weight excluding hydrogens is 256 g/mol. The molecule has 1 saturated heterocycles. The summed E-state index contributed by atoms with van der Waals surface area (Å²) >= 11 is 0. The molecule has 1 aliphatic heterocycles. The minimum atomic E-state index is 0.288. The highest BCUT2D eigenvalue weighted by molar-refractivity contribution is 4.88. The van der Waals surface area contributed by atoms with E-state index in [0.717, 1.165) is 44.3 Å². The Morgan fingerprint density at radius 3 is 2.50 bits per heavy atom. The van der Waals surface area contributed by atoms with Gasteiger partial charge in [0.05, 0.1) is 6.54 Å². The van der Waals surface area contributed by atoms with Gasteiger partial charge in [-0.2, -0.15) is 0 Å². The standard InChI is InChI=1S/C13H20N6O/c1-10(2)13-17-16-12(20-13)7-18-5-3-11(4-6-18)19-8-14-15-9-19/h8-11H,3-7H2,1-2H3. The molecule has 0 atom stereocenters. The van der Waals surface area contributed by atoms with Gasteiger partial charge in [-0.15, -0.1) is 20.4 Å². The highest BCUT2D eigenvalue weighted by Crippen LogP contribution is 2.23.